The first kappa shape index (κ1) is 14.1. The minimum Gasteiger partial charge on any atom is -0.485 e. The Kier molecular flexibility index (Phi) is 3.96. The SMILES string of the molecule is NC(=S)C1CCN(C(=O)C2COc3ccccc3O2)CC1. The van der Waals surface area contributed by atoms with Gasteiger partial charge in [-0.25, -0.2) is 0 Å². The van der Waals surface area contributed by atoms with Crippen molar-refractivity contribution in [1.82, 2.24) is 4.90 Å². The summed E-state index contributed by atoms with van der Waals surface area (Å²) in [5.41, 5.74) is 5.67. The molecule has 0 bridgehead atoms. The number of nitrogens with two attached hydrogens (primary N) is 1. The molecule has 0 aliphatic carbocycles. The molecule has 6 heteroatoms. The number of thiocarbonyl (C=S) groups is 1. The van der Waals surface area contributed by atoms with E-state index in [-0.39, 0.29) is 18.4 Å². The van der Waals surface area contributed by atoms with Crippen LogP contribution in [-0.4, -0.2) is 41.6 Å². The van der Waals surface area contributed by atoms with Crippen molar-refractivity contribution in [2.75, 3.05) is 19.7 Å². The highest BCUT2D eigenvalue weighted by Gasteiger charge is 2.33. The molecule has 0 radical (unpaired) electrons. The van der Waals surface area contributed by atoms with Crippen molar-refractivity contribution >= 4 is 23.1 Å². The van der Waals surface area contributed by atoms with Gasteiger partial charge in [-0.15, -0.1) is 0 Å². The molecule has 1 amide bonds. The number of hydrogen-bond acceptors (Lipinski definition) is 4. The van der Waals surface area contributed by atoms with Crippen LogP contribution in [0, 0.1) is 5.92 Å². The summed E-state index contributed by atoms with van der Waals surface area (Å²) in [6.45, 7) is 1.59. The van der Waals surface area contributed by atoms with Gasteiger partial charge in [-0.1, -0.05) is 24.4 Å². The lowest BCUT2D eigenvalue weighted by molar-refractivity contribution is -0.142. The third-order valence-electron chi connectivity index (χ3n) is 3.99. The molecule has 2 N–H and O–H groups in total. The van der Waals surface area contributed by atoms with E-state index in [4.69, 9.17) is 27.4 Å². The van der Waals surface area contributed by atoms with Gasteiger partial charge >= 0.3 is 0 Å². The molecular weight excluding hydrogens is 288 g/mol. The smallest absolute Gasteiger partial charge is 0.267 e. The Morgan fingerprint density at radius 3 is 2.57 bits per heavy atom. The number of carbonyl (C=O) groups is 1. The van der Waals surface area contributed by atoms with Crippen LogP contribution >= 0.6 is 12.2 Å². The molecule has 1 aromatic carbocycles. The van der Waals surface area contributed by atoms with Crippen molar-refractivity contribution in [1.29, 1.82) is 0 Å². The predicted octanol–water partition coefficient (Wildman–Crippen LogP) is 1.35. The van der Waals surface area contributed by atoms with Crippen LogP contribution in [0.4, 0.5) is 0 Å². The number of benzene rings is 1. The molecule has 1 unspecified atom stereocenters. The number of para-hydroxylation sites is 2. The van der Waals surface area contributed by atoms with Gasteiger partial charge in [0.15, 0.2) is 11.5 Å². The first-order valence-corrected chi connectivity index (χ1v) is 7.52. The summed E-state index contributed by atoms with van der Waals surface area (Å²) in [6, 6.07) is 7.39. The normalized spacial score (nSPS) is 21.9. The fourth-order valence-electron chi connectivity index (χ4n) is 2.73. The second kappa shape index (κ2) is 5.89. The van der Waals surface area contributed by atoms with Crippen LogP contribution in [0.2, 0.25) is 0 Å². The molecule has 1 atom stereocenters. The average molecular weight is 306 g/mol. The molecule has 0 spiro atoms. The minimum absolute atomic E-state index is 0.0223. The van der Waals surface area contributed by atoms with Crippen molar-refractivity contribution in [3.05, 3.63) is 24.3 Å². The number of fused-ring (bicyclic) bond motifs is 1. The number of nitrogens with zero attached hydrogens (tertiary/aromatic N) is 1. The molecular formula is C15H18N2O3S. The van der Waals surface area contributed by atoms with Gasteiger partial charge in [0.1, 0.15) is 6.61 Å². The summed E-state index contributed by atoms with van der Waals surface area (Å²) in [4.78, 5) is 14.9. The Bertz CT molecular complexity index is 556. The molecule has 112 valence electrons. The van der Waals surface area contributed by atoms with Gasteiger partial charge in [-0.05, 0) is 25.0 Å². The van der Waals surface area contributed by atoms with Crippen molar-refractivity contribution in [3.8, 4) is 11.5 Å². The van der Waals surface area contributed by atoms with Gasteiger partial charge < -0.3 is 20.1 Å². The maximum atomic E-state index is 12.5. The lowest BCUT2D eigenvalue weighted by atomic mass is 9.96. The first-order chi connectivity index (χ1) is 10.1. The zero-order valence-corrected chi connectivity index (χ0v) is 12.5. The molecule has 2 aliphatic rings. The maximum Gasteiger partial charge on any atom is 0.267 e. The molecule has 2 heterocycles. The summed E-state index contributed by atoms with van der Waals surface area (Å²) in [5, 5.41) is 0. The van der Waals surface area contributed by atoms with Crippen LogP contribution in [-0.2, 0) is 4.79 Å². The highest BCUT2D eigenvalue weighted by molar-refractivity contribution is 7.80. The number of carbonyl (C=O) groups excluding carboxylic acids is 1. The second-order valence-electron chi connectivity index (χ2n) is 5.37. The Morgan fingerprint density at radius 2 is 1.90 bits per heavy atom. The highest BCUT2D eigenvalue weighted by atomic mass is 32.1. The van der Waals surface area contributed by atoms with Gasteiger partial charge in [0, 0.05) is 19.0 Å². The Labute approximate surface area is 129 Å². The van der Waals surface area contributed by atoms with E-state index >= 15 is 0 Å². The van der Waals surface area contributed by atoms with Gasteiger partial charge in [0.05, 0.1) is 4.99 Å². The Hall–Kier alpha value is -1.82. The number of piperidine rings is 1. The van der Waals surface area contributed by atoms with Gasteiger partial charge in [0.2, 0.25) is 6.10 Å². The summed E-state index contributed by atoms with van der Waals surface area (Å²) < 4.78 is 11.3. The van der Waals surface area contributed by atoms with Gasteiger partial charge in [-0.2, -0.15) is 0 Å². The third kappa shape index (κ3) is 2.95. The van der Waals surface area contributed by atoms with E-state index in [0.717, 1.165) is 12.8 Å². The van der Waals surface area contributed by atoms with Crippen LogP contribution < -0.4 is 15.2 Å². The number of rotatable bonds is 2. The van der Waals surface area contributed by atoms with Crippen molar-refractivity contribution < 1.29 is 14.3 Å². The fraction of sp³-hybridized carbons (Fsp3) is 0.467. The summed E-state index contributed by atoms with van der Waals surface area (Å²) in [7, 11) is 0. The minimum atomic E-state index is -0.568. The monoisotopic (exact) mass is 306 g/mol. The van der Waals surface area contributed by atoms with E-state index in [0.29, 0.717) is 29.6 Å². The van der Waals surface area contributed by atoms with Crippen LogP contribution in [0.3, 0.4) is 0 Å². The molecule has 1 aromatic rings. The molecule has 2 aliphatic heterocycles. The van der Waals surface area contributed by atoms with E-state index < -0.39 is 6.10 Å². The summed E-state index contributed by atoms with van der Waals surface area (Å²) in [5.74, 6) is 1.54. The number of likely N-dealkylation sites (tertiary alicyclic amines) is 1. The van der Waals surface area contributed by atoms with Crippen LogP contribution in [0.1, 0.15) is 12.8 Å². The lowest BCUT2D eigenvalue weighted by Crippen LogP contribution is -2.49. The van der Waals surface area contributed by atoms with Crippen LogP contribution in [0.15, 0.2) is 24.3 Å². The number of ether oxygens (including phenoxy) is 2. The predicted molar refractivity (Wildman–Crippen MR) is 82.4 cm³/mol. The molecule has 0 saturated carbocycles. The number of amides is 1. The van der Waals surface area contributed by atoms with E-state index in [2.05, 4.69) is 0 Å². The van der Waals surface area contributed by atoms with E-state index in [9.17, 15) is 4.79 Å². The Balaban J connectivity index is 1.61. The molecule has 1 saturated heterocycles. The standard InChI is InChI=1S/C15H18N2O3S/c16-14(21)10-5-7-17(8-6-10)15(18)13-9-19-11-3-1-2-4-12(11)20-13/h1-4,10,13H,5-9H2,(H2,16,21). The zero-order chi connectivity index (χ0) is 14.8. The summed E-state index contributed by atoms with van der Waals surface area (Å²) >= 11 is 5.02. The molecule has 5 nitrogen and oxygen atoms in total. The van der Waals surface area contributed by atoms with Gasteiger partial charge in [-0.3, -0.25) is 4.79 Å². The number of hydrogen-bond donors (Lipinski definition) is 1. The fourth-order valence-corrected chi connectivity index (χ4v) is 2.96. The van der Waals surface area contributed by atoms with Crippen molar-refractivity contribution in [2.24, 2.45) is 11.7 Å². The van der Waals surface area contributed by atoms with Crippen molar-refractivity contribution in [3.63, 3.8) is 0 Å². The molecule has 3 rings (SSSR count). The van der Waals surface area contributed by atoms with E-state index in [1.165, 1.54) is 0 Å². The largest absolute Gasteiger partial charge is 0.485 e. The lowest BCUT2D eigenvalue weighted by Gasteiger charge is -2.35. The summed E-state index contributed by atoms with van der Waals surface area (Å²) in [6.07, 6.45) is 1.08. The average Bonchev–Trinajstić information content (AvgIpc) is 2.54. The quantitative estimate of drug-likeness (QED) is 0.836. The van der Waals surface area contributed by atoms with Crippen LogP contribution in [0.5, 0.6) is 11.5 Å². The molecule has 0 aromatic heterocycles. The topological polar surface area (TPSA) is 64.8 Å². The van der Waals surface area contributed by atoms with Gasteiger partial charge in [0.25, 0.3) is 5.91 Å². The first-order valence-electron chi connectivity index (χ1n) is 7.12. The molecule has 1 fully saturated rings. The van der Waals surface area contributed by atoms with E-state index in [1.807, 2.05) is 29.2 Å². The highest BCUT2D eigenvalue weighted by Crippen LogP contribution is 2.31. The zero-order valence-electron chi connectivity index (χ0n) is 11.7. The second-order valence-corrected chi connectivity index (χ2v) is 5.84. The van der Waals surface area contributed by atoms with Crippen molar-refractivity contribution in [2.45, 2.75) is 18.9 Å². The molecule has 21 heavy (non-hydrogen) atoms. The maximum absolute atomic E-state index is 12.5. The van der Waals surface area contributed by atoms with Crippen LogP contribution in [0.25, 0.3) is 0 Å². The van der Waals surface area contributed by atoms with E-state index in [1.54, 1.807) is 0 Å². The Morgan fingerprint density at radius 1 is 1.24 bits per heavy atom. The third-order valence-corrected chi connectivity index (χ3v) is 4.33.